The van der Waals surface area contributed by atoms with E-state index in [1.54, 1.807) is 12.1 Å². The van der Waals surface area contributed by atoms with Crippen molar-refractivity contribution in [1.82, 2.24) is 14.7 Å². The van der Waals surface area contributed by atoms with E-state index in [0.717, 1.165) is 39.0 Å². The number of carbonyl (C=O) groups is 2. The van der Waals surface area contributed by atoms with Crippen LogP contribution < -0.4 is 0 Å². The number of hydrogen-bond acceptors (Lipinski definition) is 3. The normalized spacial score (nSPS) is 19.6. The fraction of sp³-hybridized carbons (Fsp3) is 0.636. The summed E-state index contributed by atoms with van der Waals surface area (Å²) in [6.07, 6.45) is 4.71. The summed E-state index contributed by atoms with van der Waals surface area (Å²) in [4.78, 5) is 32.3. The van der Waals surface area contributed by atoms with Crippen molar-refractivity contribution in [3.8, 4) is 0 Å². The van der Waals surface area contributed by atoms with Crippen LogP contribution in [0.5, 0.6) is 0 Å². The van der Waals surface area contributed by atoms with E-state index < -0.39 is 0 Å². The Balaban J connectivity index is 1.69. The van der Waals surface area contributed by atoms with E-state index in [2.05, 4.69) is 4.90 Å². The molecular formula is C22H32ClN3O2. The first-order valence-corrected chi connectivity index (χ1v) is 11.0. The molecule has 0 bridgehead atoms. The molecule has 1 aromatic carbocycles. The van der Waals surface area contributed by atoms with Crippen molar-refractivity contribution in [1.29, 1.82) is 0 Å². The molecule has 1 atom stereocenters. The molecule has 154 valence electrons. The van der Waals surface area contributed by atoms with Gasteiger partial charge in [-0.3, -0.25) is 14.5 Å². The lowest BCUT2D eigenvalue weighted by Gasteiger charge is -2.42. The Morgan fingerprint density at radius 2 is 1.68 bits per heavy atom. The molecule has 0 radical (unpaired) electrons. The van der Waals surface area contributed by atoms with Gasteiger partial charge in [-0.25, -0.2) is 0 Å². The van der Waals surface area contributed by atoms with Crippen molar-refractivity contribution in [3.63, 3.8) is 0 Å². The second-order valence-electron chi connectivity index (χ2n) is 7.81. The molecule has 2 amide bonds. The quantitative estimate of drug-likeness (QED) is 0.727. The average Bonchev–Trinajstić information content (AvgIpc) is 3.24. The van der Waals surface area contributed by atoms with Gasteiger partial charge in [0.05, 0.1) is 16.6 Å². The summed E-state index contributed by atoms with van der Waals surface area (Å²) < 4.78 is 0. The largest absolute Gasteiger partial charge is 0.342 e. The molecule has 1 aromatic rings. The van der Waals surface area contributed by atoms with Gasteiger partial charge in [0.2, 0.25) is 5.91 Å². The topological polar surface area (TPSA) is 43.9 Å². The van der Waals surface area contributed by atoms with Crippen LogP contribution in [0.1, 0.15) is 49.9 Å². The standard InChI is InChI=1S/C22H32ClN3O2/c1-3-24(4-2)22(28)20(17-9-5-6-10-17)25-13-15-26(16-14-25)21(27)18-11-7-8-12-19(18)23/h7-8,11-12,17,20H,3-6,9-10,13-16H2,1-2H3. The van der Waals surface area contributed by atoms with Gasteiger partial charge in [-0.1, -0.05) is 36.6 Å². The van der Waals surface area contributed by atoms with Crippen LogP contribution in [-0.4, -0.2) is 71.8 Å². The number of carbonyl (C=O) groups excluding carboxylic acids is 2. The van der Waals surface area contributed by atoms with E-state index in [0.29, 0.717) is 29.6 Å². The zero-order chi connectivity index (χ0) is 20.1. The molecule has 5 nitrogen and oxygen atoms in total. The highest BCUT2D eigenvalue weighted by Crippen LogP contribution is 2.32. The van der Waals surface area contributed by atoms with Crippen LogP contribution in [0.3, 0.4) is 0 Å². The van der Waals surface area contributed by atoms with Crippen LogP contribution in [0.15, 0.2) is 24.3 Å². The molecule has 1 aliphatic heterocycles. The third-order valence-corrected chi connectivity index (χ3v) is 6.60. The molecule has 1 saturated heterocycles. The van der Waals surface area contributed by atoms with E-state index in [9.17, 15) is 9.59 Å². The monoisotopic (exact) mass is 405 g/mol. The Hall–Kier alpha value is -1.59. The van der Waals surface area contributed by atoms with Crippen LogP contribution in [0.2, 0.25) is 5.02 Å². The minimum absolute atomic E-state index is 0.0160. The van der Waals surface area contributed by atoms with Crippen molar-refractivity contribution in [2.24, 2.45) is 5.92 Å². The van der Waals surface area contributed by atoms with E-state index in [-0.39, 0.29) is 17.9 Å². The molecule has 1 heterocycles. The minimum Gasteiger partial charge on any atom is -0.342 e. The third kappa shape index (κ3) is 4.52. The highest BCUT2D eigenvalue weighted by atomic mass is 35.5. The lowest BCUT2D eigenvalue weighted by molar-refractivity contribution is -0.139. The summed E-state index contributed by atoms with van der Waals surface area (Å²) in [5, 5.41) is 0.496. The molecule has 1 saturated carbocycles. The summed E-state index contributed by atoms with van der Waals surface area (Å²) in [6.45, 7) is 8.36. The van der Waals surface area contributed by atoms with Gasteiger partial charge in [-0.2, -0.15) is 0 Å². The zero-order valence-electron chi connectivity index (χ0n) is 17.1. The first-order chi connectivity index (χ1) is 13.6. The van der Waals surface area contributed by atoms with E-state index in [1.165, 1.54) is 12.8 Å². The Morgan fingerprint density at radius 3 is 2.25 bits per heavy atom. The molecule has 6 heteroatoms. The van der Waals surface area contributed by atoms with Gasteiger partial charge in [-0.05, 0) is 44.7 Å². The van der Waals surface area contributed by atoms with Gasteiger partial charge >= 0.3 is 0 Å². The van der Waals surface area contributed by atoms with Crippen LogP contribution in [-0.2, 0) is 4.79 Å². The number of hydrogen-bond donors (Lipinski definition) is 0. The molecule has 1 unspecified atom stereocenters. The van der Waals surface area contributed by atoms with Crippen LogP contribution in [0, 0.1) is 5.92 Å². The average molecular weight is 406 g/mol. The molecule has 28 heavy (non-hydrogen) atoms. The maximum atomic E-state index is 13.3. The summed E-state index contributed by atoms with van der Waals surface area (Å²) in [7, 11) is 0. The maximum absolute atomic E-state index is 13.3. The summed E-state index contributed by atoms with van der Waals surface area (Å²) >= 11 is 6.20. The van der Waals surface area contributed by atoms with Gasteiger partial charge in [0.1, 0.15) is 0 Å². The fourth-order valence-corrected chi connectivity index (χ4v) is 4.88. The molecular weight excluding hydrogens is 374 g/mol. The second kappa shape index (κ2) is 9.75. The Labute approximate surface area is 173 Å². The maximum Gasteiger partial charge on any atom is 0.255 e. The molecule has 2 aliphatic rings. The predicted molar refractivity (Wildman–Crippen MR) is 113 cm³/mol. The van der Waals surface area contributed by atoms with Crippen molar-refractivity contribution in [2.75, 3.05) is 39.3 Å². The van der Waals surface area contributed by atoms with Crippen LogP contribution in [0.25, 0.3) is 0 Å². The Morgan fingerprint density at radius 1 is 1.07 bits per heavy atom. The van der Waals surface area contributed by atoms with Crippen molar-refractivity contribution < 1.29 is 9.59 Å². The van der Waals surface area contributed by atoms with Crippen molar-refractivity contribution >= 4 is 23.4 Å². The molecule has 0 N–H and O–H groups in total. The SMILES string of the molecule is CCN(CC)C(=O)C(C1CCCC1)N1CCN(C(=O)c2ccccc2Cl)CC1. The first kappa shape index (κ1) is 21.1. The van der Waals surface area contributed by atoms with E-state index >= 15 is 0 Å². The van der Waals surface area contributed by atoms with Gasteiger partial charge in [-0.15, -0.1) is 0 Å². The number of rotatable bonds is 6. The Kier molecular flexibility index (Phi) is 7.36. The van der Waals surface area contributed by atoms with Crippen LogP contribution >= 0.6 is 11.6 Å². The van der Waals surface area contributed by atoms with E-state index in [1.807, 2.05) is 35.8 Å². The highest BCUT2D eigenvalue weighted by Gasteiger charge is 2.38. The lowest BCUT2D eigenvalue weighted by atomic mass is 9.94. The summed E-state index contributed by atoms with van der Waals surface area (Å²) in [6, 6.07) is 7.17. The van der Waals surface area contributed by atoms with Crippen molar-refractivity contribution in [3.05, 3.63) is 34.9 Å². The smallest absolute Gasteiger partial charge is 0.255 e. The molecule has 0 aromatic heterocycles. The molecule has 3 rings (SSSR count). The fourth-order valence-electron chi connectivity index (χ4n) is 4.66. The molecule has 0 spiro atoms. The highest BCUT2D eigenvalue weighted by molar-refractivity contribution is 6.33. The molecule has 2 fully saturated rings. The zero-order valence-corrected chi connectivity index (χ0v) is 17.8. The summed E-state index contributed by atoms with van der Waals surface area (Å²) in [5.41, 5.74) is 0.559. The summed E-state index contributed by atoms with van der Waals surface area (Å²) in [5.74, 6) is 0.694. The number of benzene rings is 1. The lowest BCUT2D eigenvalue weighted by Crippen LogP contribution is -2.58. The van der Waals surface area contributed by atoms with Crippen LogP contribution in [0.4, 0.5) is 0 Å². The minimum atomic E-state index is -0.0417. The second-order valence-corrected chi connectivity index (χ2v) is 8.22. The Bertz CT molecular complexity index is 678. The van der Waals surface area contributed by atoms with E-state index in [4.69, 9.17) is 11.6 Å². The molecule has 1 aliphatic carbocycles. The van der Waals surface area contributed by atoms with Gasteiger partial charge in [0, 0.05) is 39.3 Å². The first-order valence-electron chi connectivity index (χ1n) is 10.6. The van der Waals surface area contributed by atoms with Gasteiger partial charge in [0.15, 0.2) is 0 Å². The number of piperazine rings is 1. The number of halogens is 1. The number of nitrogens with zero attached hydrogens (tertiary/aromatic N) is 3. The van der Waals surface area contributed by atoms with Gasteiger partial charge < -0.3 is 9.80 Å². The predicted octanol–water partition coefficient (Wildman–Crippen LogP) is 3.53. The number of likely N-dealkylation sites (N-methyl/N-ethyl adjacent to an activating group) is 1. The van der Waals surface area contributed by atoms with Gasteiger partial charge in [0.25, 0.3) is 5.91 Å². The number of amides is 2. The van der Waals surface area contributed by atoms with Crippen molar-refractivity contribution in [2.45, 2.75) is 45.6 Å². The third-order valence-electron chi connectivity index (χ3n) is 6.27.